The molecule has 1 amide bonds. The third-order valence-electron chi connectivity index (χ3n) is 2.89. The molecule has 0 saturated carbocycles. The molecule has 0 radical (unpaired) electrons. The summed E-state index contributed by atoms with van der Waals surface area (Å²) in [6.07, 6.45) is -0.0409. The van der Waals surface area contributed by atoms with E-state index in [4.69, 9.17) is 4.74 Å². The van der Waals surface area contributed by atoms with Gasteiger partial charge in [0, 0.05) is 13.1 Å². The summed E-state index contributed by atoms with van der Waals surface area (Å²) in [5.41, 5.74) is 0.102. The fourth-order valence-corrected chi connectivity index (χ4v) is 2.55. The van der Waals surface area contributed by atoms with Gasteiger partial charge in [-0.1, -0.05) is 6.07 Å². The number of hydrogen-bond donors (Lipinski definition) is 0. The molecule has 0 spiro atoms. The van der Waals surface area contributed by atoms with Gasteiger partial charge in [0.1, 0.15) is 5.82 Å². The number of ether oxygens (including phenoxy) is 1. The van der Waals surface area contributed by atoms with E-state index in [9.17, 15) is 9.18 Å². The van der Waals surface area contributed by atoms with Crippen LogP contribution in [0, 0.1) is 5.82 Å². The van der Waals surface area contributed by atoms with E-state index in [0.717, 1.165) is 0 Å². The Morgan fingerprint density at radius 2 is 2.00 bits per heavy atom. The highest BCUT2D eigenvalue weighted by Gasteiger charge is 2.28. The summed E-state index contributed by atoms with van der Waals surface area (Å²) in [5, 5.41) is 0. The molecule has 18 heavy (non-hydrogen) atoms. The van der Waals surface area contributed by atoms with E-state index < -0.39 is 5.82 Å². The van der Waals surface area contributed by atoms with Gasteiger partial charge in [0.05, 0.1) is 22.2 Å². The molecule has 0 aromatic heterocycles. The Morgan fingerprint density at radius 3 is 2.61 bits per heavy atom. The Labute approximate surface area is 114 Å². The average molecular weight is 316 g/mol. The molecule has 3 nitrogen and oxygen atoms in total. The highest BCUT2D eigenvalue weighted by molar-refractivity contribution is 9.10. The van der Waals surface area contributed by atoms with Crippen molar-refractivity contribution < 1.29 is 13.9 Å². The van der Waals surface area contributed by atoms with E-state index >= 15 is 0 Å². The van der Waals surface area contributed by atoms with Crippen molar-refractivity contribution in [3.63, 3.8) is 0 Å². The van der Waals surface area contributed by atoms with Gasteiger partial charge in [0.25, 0.3) is 5.91 Å². The fraction of sp³-hybridized carbons (Fsp3) is 0.462. The third-order valence-corrected chi connectivity index (χ3v) is 3.50. The van der Waals surface area contributed by atoms with E-state index in [1.54, 1.807) is 17.0 Å². The first-order chi connectivity index (χ1) is 8.49. The highest BCUT2D eigenvalue weighted by atomic mass is 79.9. The van der Waals surface area contributed by atoms with Gasteiger partial charge >= 0.3 is 0 Å². The zero-order valence-corrected chi connectivity index (χ0v) is 11.9. The minimum atomic E-state index is -0.505. The van der Waals surface area contributed by atoms with Crippen molar-refractivity contribution in [3.05, 3.63) is 34.1 Å². The molecule has 1 heterocycles. The van der Waals surface area contributed by atoms with Gasteiger partial charge < -0.3 is 9.64 Å². The van der Waals surface area contributed by atoms with Crippen molar-refractivity contribution in [1.29, 1.82) is 0 Å². The predicted octanol–water partition coefficient (Wildman–Crippen LogP) is 2.84. The van der Waals surface area contributed by atoms with Gasteiger partial charge in [-0.25, -0.2) is 4.39 Å². The summed E-state index contributed by atoms with van der Waals surface area (Å²) in [7, 11) is 0. The fourth-order valence-electron chi connectivity index (χ4n) is 2.18. The Kier molecular flexibility index (Phi) is 4.02. The van der Waals surface area contributed by atoms with Crippen LogP contribution < -0.4 is 0 Å². The summed E-state index contributed by atoms with van der Waals surface area (Å²) in [6.45, 7) is 4.81. The molecule has 1 aliphatic rings. The molecular weight excluding hydrogens is 301 g/mol. The van der Waals surface area contributed by atoms with Gasteiger partial charge in [-0.2, -0.15) is 0 Å². The number of rotatable bonds is 1. The van der Waals surface area contributed by atoms with Crippen LogP contribution in [0.5, 0.6) is 0 Å². The Hall–Kier alpha value is -0.940. The lowest BCUT2D eigenvalue weighted by Gasteiger charge is -2.35. The number of benzene rings is 1. The largest absolute Gasteiger partial charge is 0.372 e. The van der Waals surface area contributed by atoms with Gasteiger partial charge in [-0.05, 0) is 41.9 Å². The highest BCUT2D eigenvalue weighted by Crippen LogP contribution is 2.21. The molecule has 0 N–H and O–H groups in total. The average Bonchev–Trinajstić information content (AvgIpc) is 2.30. The summed E-state index contributed by atoms with van der Waals surface area (Å²) < 4.78 is 19.7. The molecule has 2 unspecified atom stereocenters. The molecule has 0 bridgehead atoms. The number of morpholine rings is 1. The van der Waals surface area contributed by atoms with Crippen molar-refractivity contribution in [2.75, 3.05) is 13.1 Å². The lowest BCUT2D eigenvalue weighted by Crippen LogP contribution is -2.48. The molecule has 98 valence electrons. The number of hydrogen-bond acceptors (Lipinski definition) is 2. The molecule has 2 rings (SSSR count). The lowest BCUT2D eigenvalue weighted by atomic mass is 10.1. The minimum Gasteiger partial charge on any atom is -0.372 e. The molecule has 5 heteroatoms. The summed E-state index contributed by atoms with van der Waals surface area (Å²) >= 11 is 3.09. The normalized spacial score (nSPS) is 24.1. The topological polar surface area (TPSA) is 29.5 Å². The van der Waals surface area contributed by atoms with Crippen LogP contribution in [0.1, 0.15) is 24.2 Å². The van der Waals surface area contributed by atoms with Crippen molar-refractivity contribution >= 4 is 21.8 Å². The Balaban J connectivity index is 2.23. The standard InChI is InChI=1S/C13H15BrFNO2/c1-8-6-16(7-9(2)18-8)13(17)10-4-3-5-11(14)12(10)15/h3-5,8-9H,6-7H2,1-2H3. The Bertz CT molecular complexity index is 456. The lowest BCUT2D eigenvalue weighted by molar-refractivity contribution is -0.0587. The summed E-state index contributed by atoms with van der Waals surface area (Å²) in [6, 6.07) is 4.75. The monoisotopic (exact) mass is 315 g/mol. The van der Waals surface area contributed by atoms with Gasteiger partial charge in [-0.15, -0.1) is 0 Å². The van der Waals surface area contributed by atoms with Crippen LogP contribution in [0.3, 0.4) is 0 Å². The minimum absolute atomic E-state index is 0.0204. The first-order valence-corrected chi connectivity index (χ1v) is 6.67. The first-order valence-electron chi connectivity index (χ1n) is 5.87. The SMILES string of the molecule is CC1CN(C(=O)c2cccc(Br)c2F)CC(C)O1. The van der Waals surface area contributed by atoms with Crippen LogP contribution in [-0.2, 0) is 4.74 Å². The number of carbonyl (C=O) groups excluding carboxylic acids is 1. The summed E-state index contributed by atoms with van der Waals surface area (Å²) in [4.78, 5) is 13.9. The number of nitrogens with zero attached hydrogens (tertiary/aromatic N) is 1. The van der Waals surface area contributed by atoms with E-state index in [2.05, 4.69) is 15.9 Å². The predicted molar refractivity (Wildman–Crippen MR) is 70.0 cm³/mol. The number of carbonyl (C=O) groups is 1. The Morgan fingerprint density at radius 1 is 1.39 bits per heavy atom. The maximum atomic E-state index is 13.9. The van der Waals surface area contributed by atoms with Crippen LogP contribution in [0.15, 0.2) is 22.7 Å². The quantitative estimate of drug-likeness (QED) is 0.797. The van der Waals surface area contributed by atoms with Crippen molar-refractivity contribution in [2.24, 2.45) is 0 Å². The maximum absolute atomic E-state index is 13.9. The van der Waals surface area contributed by atoms with E-state index in [1.165, 1.54) is 6.07 Å². The van der Waals surface area contributed by atoms with Crippen LogP contribution in [0.25, 0.3) is 0 Å². The smallest absolute Gasteiger partial charge is 0.257 e. The third kappa shape index (κ3) is 2.72. The second-order valence-electron chi connectivity index (χ2n) is 4.57. The van der Waals surface area contributed by atoms with Crippen LogP contribution in [-0.4, -0.2) is 36.1 Å². The maximum Gasteiger partial charge on any atom is 0.257 e. The van der Waals surface area contributed by atoms with E-state index in [0.29, 0.717) is 17.6 Å². The van der Waals surface area contributed by atoms with Crippen molar-refractivity contribution in [2.45, 2.75) is 26.1 Å². The molecule has 1 fully saturated rings. The van der Waals surface area contributed by atoms with Crippen LogP contribution in [0.2, 0.25) is 0 Å². The summed E-state index contributed by atoms with van der Waals surface area (Å²) in [5.74, 6) is -0.787. The molecule has 1 aromatic carbocycles. The second kappa shape index (κ2) is 5.36. The molecule has 1 aromatic rings. The molecule has 2 atom stereocenters. The molecular formula is C13H15BrFNO2. The van der Waals surface area contributed by atoms with Crippen LogP contribution >= 0.6 is 15.9 Å². The van der Waals surface area contributed by atoms with Crippen molar-refractivity contribution in [3.8, 4) is 0 Å². The zero-order valence-electron chi connectivity index (χ0n) is 10.3. The molecule has 1 aliphatic heterocycles. The van der Waals surface area contributed by atoms with Gasteiger partial charge in [-0.3, -0.25) is 4.79 Å². The molecule has 0 aliphatic carbocycles. The van der Waals surface area contributed by atoms with E-state index in [1.807, 2.05) is 13.8 Å². The second-order valence-corrected chi connectivity index (χ2v) is 5.42. The number of amides is 1. The number of halogens is 2. The molecule has 1 saturated heterocycles. The first kappa shape index (κ1) is 13.5. The van der Waals surface area contributed by atoms with Crippen molar-refractivity contribution in [1.82, 2.24) is 4.90 Å². The zero-order chi connectivity index (χ0) is 13.3. The van der Waals surface area contributed by atoms with Gasteiger partial charge in [0.15, 0.2) is 0 Å². The van der Waals surface area contributed by atoms with Crippen LogP contribution in [0.4, 0.5) is 4.39 Å². The van der Waals surface area contributed by atoms with Gasteiger partial charge in [0.2, 0.25) is 0 Å². The van der Waals surface area contributed by atoms with E-state index in [-0.39, 0.29) is 23.7 Å².